The number of nitrogens with two attached hydrogens (primary N) is 1. The van der Waals surface area contributed by atoms with E-state index >= 15 is 0 Å². The summed E-state index contributed by atoms with van der Waals surface area (Å²) in [6.45, 7) is 0.210. The van der Waals surface area contributed by atoms with Gasteiger partial charge in [-0.1, -0.05) is 30.3 Å². The van der Waals surface area contributed by atoms with Crippen LogP contribution in [-0.4, -0.2) is 26.0 Å². The number of nitrogen functional groups attached to an aromatic ring is 1. The molecule has 7 nitrogen and oxygen atoms in total. The lowest BCUT2D eigenvalue weighted by Gasteiger charge is -2.28. The molecular formula is C22H15FIN5O2. The summed E-state index contributed by atoms with van der Waals surface area (Å²) in [5.41, 5.74) is 8.53. The molecule has 0 spiro atoms. The molecule has 2 aromatic carbocycles. The Morgan fingerprint density at radius 2 is 2.00 bits per heavy atom. The Hall–Kier alpha value is -3.34. The van der Waals surface area contributed by atoms with Crippen molar-refractivity contribution in [1.82, 2.24) is 19.7 Å². The second-order valence-electron chi connectivity index (χ2n) is 7.01. The molecule has 0 fully saturated rings. The van der Waals surface area contributed by atoms with Crippen molar-refractivity contribution in [3.63, 3.8) is 0 Å². The summed E-state index contributed by atoms with van der Waals surface area (Å²) in [5, 5.41) is 5.21. The first kappa shape index (κ1) is 19.6. The molecule has 2 aromatic heterocycles. The second kappa shape index (κ2) is 7.73. The summed E-state index contributed by atoms with van der Waals surface area (Å²) in [7, 11) is 0. The van der Waals surface area contributed by atoms with Gasteiger partial charge in [-0.3, -0.25) is 0 Å². The molecule has 0 bridgehead atoms. The number of nitrogens with zero attached hydrogens (tertiary/aromatic N) is 4. The highest BCUT2D eigenvalue weighted by Gasteiger charge is 2.31. The van der Waals surface area contributed by atoms with Crippen LogP contribution >= 0.6 is 22.6 Å². The van der Waals surface area contributed by atoms with Crippen LogP contribution in [0.5, 0.6) is 5.75 Å². The first-order valence-electron chi connectivity index (χ1n) is 9.40. The lowest BCUT2D eigenvalue weighted by molar-refractivity contribution is -0.108. The fraction of sp³-hybridized carbons (Fsp3) is 0.0909. The van der Waals surface area contributed by atoms with Gasteiger partial charge >= 0.3 is 0 Å². The third-order valence-corrected chi connectivity index (χ3v) is 5.94. The van der Waals surface area contributed by atoms with Gasteiger partial charge in [0.1, 0.15) is 46.0 Å². The van der Waals surface area contributed by atoms with Crippen molar-refractivity contribution < 1.29 is 13.9 Å². The summed E-state index contributed by atoms with van der Waals surface area (Å²) in [4.78, 5) is 20.6. The molecule has 5 rings (SSSR count). The molecule has 0 saturated heterocycles. The van der Waals surface area contributed by atoms with Crippen LogP contribution in [-0.2, 0) is 11.3 Å². The van der Waals surface area contributed by atoms with Gasteiger partial charge in [-0.05, 0) is 46.4 Å². The standard InChI is InChI=1S/C22H15FIN5O2/c23-13-6-7-16-14(8-13)15(10-30)18(12-4-2-1-3-5-12)17(31-16)9-29-22-19(20(24)28-29)21(25)26-11-27-22/h1-8,10-11,15H,9H2,(H2,25,26,27). The minimum absolute atomic E-state index is 0.210. The van der Waals surface area contributed by atoms with Crippen molar-refractivity contribution in [2.75, 3.05) is 5.73 Å². The van der Waals surface area contributed by atoms with Crippen molar-refractivity contribution in [1.29, 1.82) is 0 Å². The van der Waals surface area contributed by atoms with E-state index in [4.69, 9.17) is 10.5 Å². The number of fused-ring (bicyclic) bond motifs is 2. The van der Waals surface area contributed by atoms with Crippen LogP contribution in [0.4, 0.5) is 10.2 Å². The molecule has 9 heteroatoms. The molecule has 0 aliphatic carbocycles. The Bertz CT molecular complexity index is 1350. The van der Waals surface area contributed by atoms with Crippen molar-refractivity contribution in [3.05, 3.63) is 81.3 Å². The molecule has 0 amide bonds. The minimum atomic E-state index is -0.683. The second-order valence-corrected chi connectivity index (χ2v) is 8.03. The molecule has 154 valence electrons. The highest BCUT2D eigenvalue weighted by Crippen LogP contribution is 2.43. The molecular weight excluding hydrogens is 512 g/mol. The van der Waals surface area contributed by atoms with E-state index in [9.17, 15) is 9.18 Å². The van der Waals surface area contributed by atoms with Gasteiger partial charge in [-0.25, -0.2) is 19.0 Å². The molecule has 3 heterocycles. The van der Waals surface area contributed by atoms with Crippen molar-refractivity contribution >= 4 is 51.3 Å². The summed E-state index contributed by atoms with van der Waals surface area (Å²) in [5.74, 6) is 0.199. The number of rotatable bonds is 4. The number of aromatic nitrogens is 4. The predicted molar refractivity (Wildman–Crippen MR) is 122 cm³/mol. The third kappa shape index (κ3) is 3.34. The van der Waals surface area contributed by atoms with Gasteiger partial charge in [-0.2, -0.15) is 5.10 Å². The SMILES string of the molecule is Nc1ncnc2c1c(I)nn2CC1=C(c2ccccc2)C(C=O)c2cc(F)ccc2O1. The highest BCUT2D eigenvalue weighted by atomic mass is 127. The van der Waals surface area contributed by atoms with Gasteiger partial charge in [0.25, 0.3) is 0 Å². The molecule has 0 radical (unpaired) electrons. The van der Waals surface area contributed by atoms with Crippen LogP contribution in [0.1, 0.15) is 17.0 Å². The van der Waals surface area contributed by atoms with Crippen LogP contribution in [0.2, 0.25) is 0 Å². The number of carbonyl (C=O) groups is 1. The van der Waals surface area contributed by atoms with E-state index in [1.807, 2.05) is 30.3 Å². The first-order chi connectivity index (χ1) is 15.1. The summed E-state index contributed by atoms with van der Waals surface area (Å²) in [6, 6.07) is 13.6. The van der Waals surface area contributed by atoms with E-state index < -0.39 is 11.7 Å². The number of benzene rings is 2. The lowest BCUT2D eigenvalue weighted by atomic mass is 9.84. The molecule has 1 aliphatic rings. The third-order valence-electron chi connectivity index (χ3n) is 5.18. The Balaban J connectivity index is 1.71. The number of hydrogen-bond acceptors (Lipinski definition) is 6. The molecule has 2 N–H and O–H groups in total. The van der Waals surface area contributed by atoms with E-state index in [1.54, 1.807) is 4.68 Å². The van der Waals surface area contributed by atoms with E-state index in [0.717, 1.165) is 11.8 Å². The average molecular weight is 527 g/mol. The molecule has 1 atom stereocenters. The largest absolute Gasteiger partial charge is 0.459 e. The van der Waals surface area contributed by atoms with Gasteiger partial charge in [0, 0.05) is 11.1 Å². The smallest absolute Gasteiger partial charge is 0.164 e. The number of halogens is 2. The number of carbonyl (C=O) groups excluding carboxylic acids is 1. The van der Waals surface area contributed by atoms with Crippen LogP contribution in [0.25, 0.3) is 16.6 Å². The van der Waals surface area contributed by atoms with Crippen molar-refractivity contribution in [2.45, 2.75) is 12.5 Å². The average Bonchev–Trinajstić information content (AvgIpc) is 3.10. The normalized spacial score (nSPS) is 15.6. The fourth-order valence-corrected chi connectivity index (χ4v) is 4.60. The maximum Gasteiger partial charge on any atom is 0.164 e. The Morgan fingerprint density at radius 3 is 2.77 bits per heavy atom. The fourth-order valence-electron chi connectivity index (χ4n) is 3.82. The van der Waals surface area contributed by atoms with E-state index in [2.05, 4.69) is 37.7 Å². The van der Waals surface area contributed by atoms with Gasteiger partial charge in [0.05, 0.1) is 11.3 Å². The van der Waals surface area contributed by atoms with Crippen LogP contribution < -0.4 is 10.5 Å². The van der Waals surface area contributed by atoms with Gasteiger partial charge in [-0.15, -0.1) is 0 Å². The Labute approximate surface area is 189 Å². The van der Waals surface area contributed by atoms with Gasteiger partial charge in [0.2, 0.25) is 0 Å². The van der Waals surface area contributed by atoms with E-state index in [1.165, 1.54) is 24.5 Å². The maximum absolute atomic E-state index is 14.0. The number of anilines is 1. The Morgan fingerprint density at radius 1 is 1.19 bits per heavy atom. The summed E-state index contributed by atoms with van der Waals surface area (Å²) in [6.07, 6.45) is 2.20. The van der Waals surface area contributed by atoms with Crippen molar-refractivity contribution in [2.24, 2.45) is 0 Å². The van der Waals surface area contributed by atoms with E-state index in [-0.39, 0.29) is 6.54 Å². The zero-order valence-electron chi connectivity index (χ0n) is 16.0. The Kier molecular flexibility index (Phi) is 4.89. The topological polar surface area (TPSA) is 95.9 Å². The number of ether oxygens (including phenoxy) is 1. The van der Waals surface area contributed by atoms with Crippen LogP contribution in [0.15, 0.2) is 60.6 Å². The molecule has 1 aliphatic heterocycles. The quantitative estimate of drug-likeness (QED) is 0.319. The summed E-state index contributed by atoms with van der Waals surface area (Å²) < 4.78 is 22.5. The van der Waals surface area contributed by atoms with Gasteiger partial charge < -0.3 is 15.3 Å². The summed E-state index contributed by atoms with van der Waals surface area (Å²) >= 11 is 2.08. The molecule has 4 aromatic rings. The number of hydrogen-bond donors (Lipinski definition) is 1. The zero-order valence-corrected chi connectivity index (χ0v) is 18.2. The zero-order chi connectivity index (χ0) is 21.5. The van der Waals surface area contributed by atoms with E-state index in [0.29, 0.717) is 43.2 Å². The maximum atomic E-state index is 14.0. The molecule has 0 saturated carbocycles. The molecule has 1 unspecified atom stereocenters. The van der Waals surface area contributed by atoms with Crippen LogP contribution in [0, 0.1) is 9.52 Å². The molecule has 31 heavy (non-hydrogen) atoms. The van der Waals surface area contributed by atoms with Gasteiger partial charge in [0.15, 0.2) is 5.65 Å². The predicted octanol–water partition coefficient (Wildman–Crippen LogP) is 3.94. The van der Waals surface area contributed by atoms with Crippen molar-refractivity contribution in [3.8, 4) is 5.75 Å². The monoisotopic (exact) mass is 527 g/mol. The minimum Gasteiger partial charge on any atom is -0.459 e. The highest BCUT2D eigenvalue weighted by molar-refractivity contribution is 14.1. The first-order valence-corrected chi connectivity index (χ1v) is 10.5. The lowest BCUT2D eigenvalue weighted by Crippen LogP contribution is -2.20. The van der Waals surface area contributed by atoms with Crippen LogP contribution in [0.3, 0.4) is 0 Å². The number of aldehydes is 1. The number of allylic oxidation sites excluding steroid dienone is 2.